The first kappa shape index (κ1) is 7.02. The van der Waals surface area contributed by atoms with Crippen LogP contribution in [0.3, 0.4) is 0 Å². The summed E-state index contributed by atoms with van der Waals surface area (Å²) in [5.74, 6) is 0. The zero-order chi connectivity index (χ0) is 8.55. The Labute approximate surface area is 69.4 Å². The van der Waals surface area contributed by atoms with Crippen LogP contribution >= 0.6 is 0 Å². The van der Waals surface area contributed by atoms with Gasteiger partial charge in [0.25, 0.3) is 0 Å². The van der Waals surface area contributed by atoms with Gasteiger partial charge in [-0.05, 0) is 6.07 Å². The van der Waals surface area contributed by atoms with E-state index in [9.17, 15) is 0 Å². The SMILES string of the molecule is CNc1cnc2c(c1)nnn2C. The van der Waals surface area contributed by atoms with Gasteiger partial charge < -0.3 is 5.32 Å². The highest BCUT2D eigenvalue weighted by molar-refractivity contribution is 5.73. The molecular formula is C7H9N5. The second kappa shape index (κ2) is 2.44. The molecule has 0 saturated heterocycles. The van der Waals surface area contributed by atoms with Crippen molar-refractivity contribution in [1.29, 1.82) is 0 Å². The largest absolute Gasteiger partial charge is 0.387 e. The summed E-state index contributed by atoms with van der Waals surface area (Å²) in [7, 11) is 3.67. The van der Waals surface area contributed by atoms with Crippen molar-refractivity contribution in [2.75, 3.05) is 12.4 Å². The van der Waals surface area contributed by atoms with Crippen molar-refractivity contribution in [3.8, 4) is 0 Å². The van der Waals surface area contributed by atoms with E-state index >= 15 is 0 Å². The van der Waals surface area contributed by atoms with Crippen molar-refractivity contribution in [3.05, 3.63) is 12.3 Å². The van der Waals surface area contributed by atoms with Crippen LogP contribution in [0.15, 0.2) is 12.3 Å². The fourth-order valence-electron chi connectivity index (χ4n) is 1.06. The van der Waals surface area contributed by atoms with Gasteiger partial charge >= 0.3 is 0 Å². The van der Waals surface area contributed by atoms with Gasteiger partial charge in [-0.15, -0.1) is 5.10 Å². The van der Waals surface area contributed by atoms with E-state index in [-0.39, 0.29) is 0 Å². The molecule has 1 N–H and O–H groups in total. The van der Waals surface area contributed by atoms with Gasteiger partial charge in [0.1, 0.15) is 5.52 Å². The lowest BCUT2D eigenvalue weighted by atomic mass is 10.4. The smallest absolute Gasteiger partial charge is 0.178 e. The maximum Gasteiger partial charge on any atom is 0.178 e. The summed E-state index contributed by atoms with van der Waals surface area (Å²) in [4.78, 5) is 4.19. The summed E-state index contributed by atoms with van der Waals surface area (Å²) in [6.07, 6.45) is 1.76. The molecule has 0 unspecified atom stereocenters. The maximum absolute atomic E-state index is 4.19. The topological polar surface area (TPSA) is 55.6 Å². The highest BCUT2D eigenvalue weighted by atomic mass is 15.4. The molecule has 0 spiro atoms. The van der Waals surface area contributed by atoms with Crippen molar-refractivity contribution < 1.29 is 0 Å². The Hall–Kier alpha value is -1.65. The lowest BCUT2D eigenvalue weighted by Gasteiger charge is -1.96. The Morgan fingerprint density at radius 2 is 2.33 bits per heavy atom. The summed E-state index contributed by atoms with van der Waals surface area (Å²) in [6.45, 7) is 0. The Bertz CT molecular complexity index is 405. The molecule has 0 aromatic carbocycles. The summed E-state index contributed by atoms with van der Waals surface area (Å²) >= 11 is 0. The minimum atomic E-state index is 0.800. The summed E-state index contributed by atoms with van der Waals surface area (Å²) in [5, 5.41) is 10.8. The molecule has 12 heavy (non-hydrogen) atoms. The van der Waals surface area contributed by atoms with Gasteiger partial charge in [-0.25, -0.2) is 9.67 Å². The Balaban J connectivity index is 2.69. The van der Waals surface area contributed by atoms with Crippen LogP contribution < -0.4 is 5.32 Å². The quantitative estimate of drug-likeness (QED) is 0.661. The molecule has 2 aromatic rings. The van der Waals surface area contributed by atoms with Crippen LogP contribution in [0.2, 0.25) is 0 Å². The van der Waals surface area contributed by atoms with Gasteiger partial charge in [-0.1, -0.05) is 5.21 Å². The monoisotopic (exact) mass is 163 g/mol. The van der Waals surface area contributed by atoms with Crippen LogP contribution in [-0.4, -0.2) is 27.0 Å². The molecule has 2 aromatic heterocycles. The third-order valence-corrected chi connectivity index (χ3v) is 1.73. The van der Waals surface area contributed by atoms with Crippen molar-refractivity contribution in [2.24, 2.45) is 7.05 Å². The first-order chi connectivity index (χ1) is 5.81. The van der Waals surface area contributed by atoms with Crippen LogP contribution in [0, 0.1) is 0 Å². The average molecular weight is 163 g/mol. The third kappa shape index (κ3) is 0.903. The van der Waals surface area contributed by atoms with E-state index < -0.39 is 0 Å². The van der Waals surface area contributed by atoms with E-state index in [1.165, 1.54) is 0 Å². The summed E-state index contributed by atoms with van der Waals surface area (Å²) < 4.78 is 1.65. The van der Waals surface area contributed by atoms with E-state index in [0.29, 0.717) is 0 Å². The van der Waals surface area contributed by atoms with Crippen molar-refractivity contribution in [2.45, 2.75) is 0 Å². The molecule has 0 radical (unpaired) electrons. The van der Waals surface area contributed by atoms with Crippen LogP contribution in [0.1, 0.15) is 0 Å². The van der Waals surface area contributed by atoms with Crippen LogP contribution in [0.5, 0.6) is 0 Å². The minimum Gasteiger partial charge on any atom is -0.387 e. The molecule has 0 bridgehead atoms. The molecule has 5 heteroatoms. The van der Waals surface area contributed by atoms with Gasteiger partial charge in [0, 0.05) is 14.1 Å². The fraction of sp³-hybridized carbons (Fsp3) is 0.286. The lowest BCUT2D eigenvalue weighted by molar-refractivity contribution is 0.730. The van der Waals surface area contributed by atoms with Crippen molar-refractivity contribution in [3.63, 3.8) is 0 Å². The number of fused-ring (bicyclic) bond motifs is 1. The number of aromatic nitrogens is 4. The highest BCUT2D eigenvalue weighted by Crippen LogP contribution is 2.11. The first-order valence-electron chi connectivity index (χ1n) is 3.64. The summed E-state index contributed by atoms with van der Waals surface area (Å²) in [5.41, 5.74) is 2.56. The predicted molar refractivity (Wildman–Crippen MR) is 45.9 cm³/mol. The van der Waals surface area contributed by atoms with Gasteiger partial charge in [0.15, 0.2) is 5.65 Å². The molecule has 2 rings (SSSR count). The van der Waals surface area contributed by atoms with E-state index in [0.717, 1.165) is 16.9 Å². The zero-order valence-electron chi connectivity index (χ0n) is 6.94. The molecule has 0 aliphatic heterocycles. The zero-order valence-corrected chi connectivity index (χ0v) is 6.94. The van der Waals surface area contributed by atoms with E-state index in [4.69, 9.17) is 0 Å². The molecule has 0 amide bonds. The molecule has 0 saturated carbocycles. The normalized spacial score (nSPS) is 10.5. The van der Waals surface area contributed by atoms with Crippen LogP contribution in [0.4, 0.5) is 5.69 Å². The van der Waals surface area contributed by atoms with E-state index in [1.807, 2.05) is 20.2 Å². The van der Waals surface area contributed by atoms with Crippen LogP contribution in [-0.2, 0) is 7.05 Å². The second-order valence-electron chi connectivity index (χ2n) is 2.53. The molecular weight excluding hydrogens is 154 g/mol. The van der Waals surface area contributed by atoms with Gasteiger partial charge in [-0.3, -0.25) is 0 Å². The number of pyridine rings is 1. The molecule has 0 aliphatic rings. The summed E-state index contributed by atoms with van der Waals surface area (Å²) in [6, 6.07) is 1.91. The number of anilines is 1. The van der Waals surface area contributed by atoms with Crippen molar-refractivity contribution in [1.82, 2.24) is 20.0 Å². The maximum atomic E-state index is 4.19. The van der Waals surface area contributed by atoms with Crippen molar-refractivity contribution >= 4 is 16.9 Å². The molecule has 0 aliphatic carbocycles. The Kier molecular flexibility index (Phi) is 1.43. The predicted octanol–water partition coefficient (Wildman–Crippen LogP) is 0.405. The van der Waals surface area contributed by atoms with E-state index in [2.05, 4.69) is 20.6 Å². The minimum absolute atomic E-state index is 0.800. The Morgan fingerprint density at radius 1 is 1.50 bits per heavy atom. The van der Waals surface area contributed by atoms with Gasteiger partial charge in [0.2, 0.25) is 0 Å². The molecule has 0 atom stereocenters. The first-order valence-corrected chi connectivity index (χ1v) is 3.64. The molecule has 0 fully saturated rings. The van der Waals surface area contributed by atoms with Gasteiger partial charge in [0.05, 0.1) is 11.9 Å². The highest BCUT2D eigenvalue weighted by Gasteiger charge is 2.01. The number of nitrogens with zero attached hydrogens (tertiary/aromatic N) is 4. The average Bonchev–Trinajstić information content (AvgIpc) is 2.47. The molecule has 5 nitrogen and oxygen atoms in total. The molecule has 62 valence electrons. The fourth-order valence-corrected chi connectivity index (χ4v) is 1.06. The molecule has 2 heterocycles. The van der Waals surface area contributed by atoms with Gasteiger partial charge in [-0.2, -0.15) is 0 Å². The number of hydrogen-bond donors (Lipinski definition) is 1. The van der Waals surface area contributed by atoms with E-state index in [1.54, 1.807) is 10.9 Å². The number of aryl methyl sites for hydroxylation is 1. The third-order valence-electron chi connectivity index (χ3n) is 1.73. The standard InChI is InChI=1S/C7H9N5/c1-8-5-3-6-7(9-4-5)12(2)11-10-6/h3-4,8H,1-2H3. The number of rotatable bonds is 1. The number of nitrogens with one attached hydrogen (secondary N) is 1. The second-order valence-corrected chi connectivity index (χ2v) is 2.53. The number of hydrogen-bond acceptors (Lipinski definition) is 4. The van der Waals surface area contributed by atoms with Crippen LogP contribution in [0.25, 0.3) is 11.2 Å². The Morgan fingerprint density at radius 3 is 3.08 bits per heavy atom. The lowest BCUT2D eigenvalue weighted by Crippen LogP contribution is -1.93.